The number of nitrogens with one attached hydrogen (secondary N) is 2. The summed E-state index contributed by atoms with van der Waals surface area (Å²) in [5.74, 6) is -4.52. The van der Waals surface area contributed by atoms with E-state index in [9.17, 15) is 39.6 Å². The van der Waals surface area contributed by atoms with E-state index in [1.165, 1.54) is 0 Å². The maximum atomic E-state index is 11.9. The van der Waals surface area contributed by atoms with Crippen molar-refractivity contribution in [2.45, 2.75) is 97.7 Å². The van der Waals surface area contributed by atoms with E-state index in [2.05, 4.69) is 34.9 Å². The van der Waals surface area contributed by atoms with Gasteiger partial charge in [0.25, 0.3) is 0 Å². The molecule has 0 saturated carbocycles. The minimum absolute atomic E-state index is 0. The first-order chi connectivity index (χ1) is 29.0. The monoisotopic (exact) mass is 1000 g/mol. The zero-order valence-electron chi connectivity index (χ0n) is 32.9. The summed E-state index contributed by atoms with van der Waals surface area (Å²) in [6.45, 7) is 0. The Bertz CT molecular complexity index is 2010. The fourth-order valence-electron chi connectivity index (χ4n) is 10.7. The number of nitrogens with zero attached hydrogens (tertiary/aromatic N) is 2. The van der Waals surface area contributed by atoms with E-state index in [0.717, 1.165) is 47.9 Å². The van der Waals surface area contributed by atoms with E-state index < -0.39 is 23.9 Å². The molecule has 0 spiro atoms. The van der Waals surface area contributed by atoms with Gasteiger partial charge in [0.05, 0.1) is 22.3 Å². The van der Waals surface area contributed by atoms with Gasteiger partial charge in [-0.2, -0.15) is 0 Å². The van der Waals surface area contributed by atoms with Crippen molar-refractivity contribution in [3.63, 3.8) is 0 Å². The third-order valence-corrected chi connectivity index (χ3v) is 13.5. The number of benzene rings is 4. The molecule has 61 heavy (non-hydrogen) atoms. The molecule has 5 aliphatic heterocycles. The van der Waals surface area contributed by atoms with Gasteiger partial charge in [0.2, 0.25) is 0 Å². The molecule has 13 heteroatoms. The number of carboxylic acid groups (broad SMARTS) is 4. The average Bonchev–Trinajstić information content (AvgIpc) is 4.10. The van der Waals surface area contributed by atoms with E-state index in [1.54, 1.807) is 48.5 Å². The topological polar surface area (TPSA) is 201 Å². The Morgan fingerprint density at radius 2 is 0.574 bits per heavy atom. The van der Waals surface area contributed by atoms with Crippen molar-refractivity contribution in [3.05, 3.63) is 177 Å². The SMILES string of the molecule is O=C(O)c1ccc(C2C3CCC([N-]3)C(c3ccc(C(=O)O)cc3)C3C=CC(N3)C(c3ccc(C(=O)O)cc3)C3CCC([N-]3)C(c3ccc(C(=O)O)cc3)C3C=CC2N3)cc1.[Pt+2]. The molecule has 9 rings (SSSR count). The molecule has 0 aliphatic carbocycles. The molecule has 5 heterocycles. The molecule has 0 aromatic heterocycles. The van der Waals surface area contributed by atoms with Crippen molar-refractivity contribution in [1.82, 2.24) is 10.6 Å². The summed E-state index contributed by atoms with van der Waals surface area (Å²) < 4.78 is 0. The van der Waals surface area contributed by atoms with E-state index in [-0.39, 0.29) is 115 Å². The van der Waals surface area contributed by atoms with Crippen molar-refractivity contribution < 1.29 is 60.7 Å². The van der Waals surface area contributed by atoms with Gasteiger partial charge in [-0.3, -0.25) is 0 Å². The molecule has 4 aromatic carbocycles. The van der Waals surface area contributed by atoms with Crippen LogP contribution in [0.1, 0.15) is 113 Å². The van der Waals surface area contributed by atoms with Crippen LogP contribution in [0, 0.1) is 0 Å². The van der Waals surface area contributed by atoms with E-state index in [0.29, 0.717) is 0 Å². The molecule has 316 valence electrons. The molecule has 3 fully saturated rings. The zero-order valence-corrected chi connectivity index (χ0v) is 35.2. The van der Waals surface area contributed by atoms with Gasteiger partial charge >= 0.3 is 44.9 Å². The summed E-state index contributed by atoms with van der Waals surface area (Å²) >= 11 is 0. The van der Waals surface area contributed by atoms with Crippen LogP contribution in [0.2, 0.25) is 0 Å². The standard InChI is InChI=1S/C48H46N4O8.Pt/c53-45(54)29-9-1-25(2-10-29)41-33-17-19-35(49-33)42(26-3-11-30(12-4-26)46(55)56)37-21-23-39(51-37)44(28-7-15-32(16-8-28)48(59)60)40-24-22-38(52-40)43(36-20-18-34(41)50-36)27-5-13-31(14-6-27)47(57)58;/h1-17,19,22,24,33-44,49,52H,18,20-21,23H2,(H,53,54)(H,55,56)(H,57,58)(H,59,60);/q-2;+2. The van der Waals surface area contributed by atoms with Crippen LogP contribution in [0.5, 0.6) is 0 Å². The van der Waals surface area contributed by atoms with Crippen molar-refractivity contribution >= 4 is 23.9 Å². The Balaban J connectivity index is 0.00000514. The average molecular weight is 1000 g/mol. The van der Waals surface area contributed by atoms with E-state index in [4.69, 9.17) is 10.6 Å². The third-order valence-electron chi connectivity index (χ3n) is 13.5. The Kier molecular flexibility index (Phi) is 12.3. The van der Waals surface area contributed by atoms with Crippen molar-refractivity contribution in [3.8, 4) is 0 Å². The molecule has 12 unspecified atom stereocenters. The zero-order chi connectivity index (χ0) is 41.7. The van der Waals surface area contributed by atoms with Crippen LogP contribution < -0.4 is 10.6 Å². The van der Waals surface area contributed by atoms with Crippen LogP contribution in [0.25, 0.3) is 10.6 Å². The van der Waals surface area contributed by atoms with E-state index in [1.807, 2.05) is 48.5 Å². The first kappa shape index (κ1) is 42.5. The quantitative estimate of drug-likeness (QED) is 0.0959. The number of fused-ring (bicyclic) bond motifs is 8. The van der Waals surface area contributed by atoms with Gasteiger partial charge in [-0.25, -0.2) is 19.2 Å². The maximum Gasteiger partial charge on any atom is 2.00 e. The van der Waals surface area contributed by atoms with E-state index >= 15 is 0 Å². The Hall–Kier alpha value is -5.23. The van der Waals surface area contributed by atoms with Crippen LogP contribution >= 0.6 is 0 Å². The number of hydrogen-bond donors (Lipinski definition) is 6. The fraction of sp³-hybridized carbons (Fsp3) is 0.333. The largest absolute Gasteiger partial charge is 2.00 e. The Labute approximate surface area is 367 Å². The third kappa shape index (κ3) is 8.40. The molecule has 0 radical (unpaired) electrons. The van der Waals surface area contributed by atoms with Gasteiger partial charge < -0.3 is 41.7 Å². The molecular formula is C48H46N4O8Pt. The van der Waals surface area contributed by atoms with Gasteiger partial charge in [0, 0.05) is 24.2 Å². The number of rotatable bonds is 8. The van der Waals surface area contributed by atoms with Gasteiger partial charge in [-0.15, -0.1) is 24.2 Å². The van der Waals surface area contributed by atoms with Gasteiger partial charge in [-0.1, -0.05) is 98.5 Å². The number of hydrogen-bond acceptors (Lipinski definition) is 6. The van der Waals surface area contributed by atoms with Gasteiger partial charge in [-0.05, 0) is 94.5 Å². The number of carboxylic acids is 4. The number of aromatic carboxylic acids is 4. The maximum absolute atomic E-state index is 11.9. The molecule has 4 aromatic rings. The predicted molar refractivity (Wildman–Crippen MR) is 225 cm³/mol. The fourth-order valence-corrected chi connectivity index (χ4v) is 10.7. The second kappa shape index (κ2) is 17.6. The summed E-state index contributed by atoms with van der Waals surface area (Å²) in [5, 5.41) is 58.1. The summed E-state index contributed by atoms with van der Waals surface area (Å²) in [6, 6.07) is 27.2. The smallest absolute Gasteiger partial charge is 0.656 e. The first-order valence-corrected chi connectivity index (χ1v) is 20.6. The van der Waals surface area contributed by atoms with Crippen LogP contribution in [-0.2, 0) is 21.1 Å². The summed E-state index contributed by atoms with van der Waals surface area (Å²) in [5.41, 5.74) is 4.73. The summed E-state index contributed by atoms with van der Waals surface area (Å²) in [6.07, 6.45) is 12.0. The summed E-state index contributed by atoms with van der Waals surface area (Å²) in [4.78, 5) is 47.5. The summed E-state index contributed by atoms with van der Waals surface area (Å²) in [7, 11) is 0. The molecular weight excluding hydrogens is 956 g/mol. The van der Waals surface area contributed by atoms with Crippen molar-refractivity contribution in [2.24, 2.45) is 0 Å². The Morgan fingerprint density at radius 3 is 0.754 bits per heavy atom. The second-order valence-corrected chi connectivity index (χ2v) is 16.7. The molecule has 12 nitrogen and oxygen atoms in total. The van der Waals surface area contributed by atoms with Crippen LogP contribution in [-0.4, -0.2) is 92.6 Å². The molecule has 0 amide bonds. The molecule has 8 bridgehead atoms. The predicted octanol–water partition coefficient (Wildman–Crippen LogP) is 7.53. The minimum atomic E-state index is -0.994. The molecule has 5 aliphatic rings. The second-order valence-electron chi connectivity index (χ2n) is 16.7. The van der Waals surface area contributed by atoms with Crippen LogP contribution in [0.4, 0.5) is 0 Å². The number of carbonyl (C=O) groups is 4. The molecule has 12 atom stereocenters. The molecule has 3 saturated heterocycles. The van der Waals surface area contributed by atoms with Gasteiger partial charge in [0.15, 0.2) is 0 Å². The Morgan fingerprint density at radius 1 is 0.377 bits per heavy atom. The molecule has 6 N–H and O–H groups in total. The van der Waals surface area contributed by atoms with Crippen LogP contribution in [0.15, 0.2) is 121 Å². The first-order valence-electron chi connectivity index (χ1n) is 20.6. The van der Waals surface area contributed by atoms with Crippen molar-refractivity contribution in [1.29, 1.82) is 0 Å². The van der Waals surface area contributed by atoms with Crippen LogP contribution in [0.3, 0.4) is 0 Å². The minimum Gasteiger partial charge on any atom is -0.656 e. The normalized spacial score (nSPS) is 31.3. The van der Waals surface area contributed by atoms with Crippen molar-refractivity contribution in [2.75, 3.05) is 0 Å². The van der Waals surface area contributed by atoms with Gasteiger partial charge in [0.1, 0.15) is 0 Å².